The van der Waals surface area contributed by atoms with Gasteiger partial charge < -0.3 is 10.6 Å². The van der Waals surface area contributed by atoms with Crippen molar-refractivity contribution in [1.82, 2.24) is 5.32 Å². The quantitative estimate of drug-likeness (QED) is 0.706. The van der Waals surface area contributed by atoms with Crippen molar-refractivity contribution in [2.75, 3.05) is 17.6 Å². The van der Waals surface area contributed by atoms with Crippen molar-refractivity contribution in [3.63, 3.8) is 0 Å². The molecule has 1 aromatic rings. The molecule has 2 atom stereocenters. The van der Waals surface area contributed by atoms with Gasteiger partial charge in [0.25, 0.3) is 0 Å². The van der Waals surface area contributed by atoms with Gasteiger partial charge in [0.05, 0.1) is 24.6 Å². The smallest absolute Gasteiger partial charge is 0.240 e. The summed E-state index contributed by atoms with van der Waals surface area (Å²) in [5.41, 5.74) is -0.0269. The number of nitriles is 2. The molecule has 0 saturated heterocycles. The maximum Gasteiger partial charge on any atom is 0.240 e. The van der Waals surface area contributed by atoms with E-state index in [1.165, 1.54) is 0 Å². The van der Waals surface area contributed by atoms with Crippen LogP contribution in [-0.4, -0.2) is 23.7 Å². The van der Waals surface area contributed by atoms with Gasteiger partial charge in [-0.05, 0) is 31.9 Å². The van der Waals surface area contributed by atoms with Gasteiger partial charge in [-0.2, -0.15) is 10.5 Å². The molecule has 0 saturated carbocycles. The Morgan fingerprint density at radius 1 is 1.29 bits per heavy atom. The maximum absolute atomic E-state index is 12.1. The Bertz CT molecular complexity index is 647. The topological polar surface area (TPSA) is 88.7 Å². The third kappa shape index (κ3) is 5.79. The molecule has 0 bridgehead atoms. The van der Waals surface area contributed by atoms with Crippen LogP contribution in [0.3, 0.4) is 0 Å². The van der Waals surface area contributed by atoms with Gasteiger partial charge in [0.2, 0.25) is 5.91 Å². The first kappa shape index (κ1) is 19.9. The van der Waals surface area contributed by atoms with Crippen LogP contribution >= 0.6 is 11.8 Å². The maximum atomic E-state index is 12.1. The minimum atomic E-state index is -0.880. The Labute approximate surface area is 148 Å². The van der Waals surface area contributed by atoms with E-state index in [1.54, 1.807) is 18.7 Å². The average Bonchev–Trinajstić information content (AvgIpc) is 2.58. The van der Waals surface area contributed by atoms with Gasteiger partial charge in [-0.25, -0.2) is 0 Å². The summed E-state index contributed by atoms with van der Waals surface area (Å²) < 4.78 is 0. The summed E-state index contributed by atoms with van der Waals surface area (Å²) in [7, 11) is 0. The summed E-state index contributed by atoms with van der Waals surface area (Å²) >= 11 is 1.58. The molecule has 6 heteroatoms. The van der Waals surface area contributed by atoms with Crippen LogP contribution in [0.4, 0.5) is 5.69 Å². The normalized spacial score (nSPS) is 14.1. The van der Waals surface area contributed by atoms with Gasteiger partial charge in [-0.1, -0.05) is 26.0 Å². The summed E-state index contributed by atoms with van der Waals surface area (Å²) in [5.74, 6) is 0.453. The van der Waals surface area contributed by atoms with Crippen LogP contribution in [0.5, 0.6) is 0 Å². The number of amides is 1. The van der Waals surface area contributed by atoms with Gasteiger partial charge in [0, 0.05) is 16.3 Å². The molecule has 0 spiro atoms. The summed E-state index contributed by atoms with van der Waals surface area (Å²) in [6.07, 6.45) is 0. The number of anilines is 1. The number of para-hydroxylation sites is 1. The zero-order chi connectivity index (χ0) is 18.2. The minimum absolute atomic E-state index is 0.0155. The highest BCUT2D eigenvalue weighted by molar-refractivity contribution is 7.99. The first-order chi connectivity index (χ1) is 11.3. The standard InChI is InChI=1S/C18H24N4OS/c1-13(2)18(4,12-20)22-17(23)10-21-15-7-5-6-8-16(15)24-11-14(3)9-19/h5-8,13-14,21H,10-11H2,1-4H3,(H,22,23). The van der Waals surface area contributed by atoms with Gasteiger partial charge >= 0.3 is 0 Å². The Morgan fingerprint density at radius 2 is 1.96 bits per heavy atom. The Morgan fingerprint density at radius 3 is 2.54 bits per heavy atom. The molecule has 1 rings (SSSR count). The van der Waals surface area contributed by atoms with Crippen LogP contribution < -0.4 is 10.6 Å². The first-order valence-electron chi connectivity index (χ1n) is 7.90. The molecular weight excluding hydrogens is 320 g/mol. The number of thioether (sulfide) groups is 1. The Hall–Kier alpha value is -2.18. The second-order valence-corrected chi connectivity index (χ2v) is 7.27. The molecule has 2 unspecified atom stereocenters. The molecule has 2 N–H and O–H groups in total. The van der Waals surface area contributed by atoms with Crippen molar-refractivity contribution in [3.05, 3.63) is 24.3 Å². The van der Waals surface area contributed by atoms with E-state index in [-0.39, 0.29) is 24.3 Å². The Kier molecular flexibility index (Phi) is 7.61. The van der Waals surface area contributed by atoms with Crippen molar-refractivity contribution in [1.29, 1.82) is 10.5 Å². The van der Waals surface area contributed by atoms with Crippen molar-refractivity contribution >= 4 is 23.4 Å². The van der Waals surface area contributed by atoms with Crippen molar-refractivity contribution in [2.45, 2.75) is 38.1 Å². The van der Waals surface area contributed by atoms with Gasteiger partial charge in [-0.3, -0.25) is 4.79 Å². The molecule has 5 nitrogen and oxygen atoms in total. The summed E-state index contributed by atoms with van der Waals surface area (Å²) in [6, 6.07) is 12.1. The predicted octanol–water partition coefficient (Wildman–Crippen LogP) is 3.40. The zero-order valence-corrected chi connectivity index (χ0v) is 15.4. The van der Waals surface area contributed by atoms with Crippen molar-refractivity contribution < 1.29 is 4.79 Å². The highest BCUT2D eigenvalue weighted by atomic mass is 32.2. The van der Waals surface area contributed by atoms with Gasteiger partial charge in [0.1, 0.15) is 5.54 Å². The minimum Gasteiger partial charge on any atom is -0.375 e. The first-order valence-corrected chi connectivity index (χ1v) is 8.88. The van der Waals surface area contributed by atoms with Crippen LogP contribution in [0.2, 0.25) is 0 Å². The predicted molar refractivity (Wildman–Crippen MR) is 97.4 cm³/mol. The fourth-order valence-electron chi connectivity index (χ4n) is 1.80. The van der Waals surface area contributed by atoms with E-state index >= 15 is 0 Å². The third-order valence-electron chi connectivity index (χ3n) is 3.82. The number of nitrogens with zero attached hydrogens (tertiary/aromatic N) is 2. The van der Waals surface area contributed by atoms with Crippen LogP contribution in [0.15, 0.2) is 29.2 Å². The second-order valence-electron chi connectivity index (χ2n) is 6.21. The highest BCUT2D eigenvalue weighted by Gasteiger charge is 2.29. The monoisotopic (exact) mass is 344 g/mol. The number of hydrogen-bond donors (Lipinski definition) is 2. The number of carbonyl (C=O) groups excluding carboxylic acids is 1. The largest absolute Gasteiger partial charge is 0.375 e. The second kappa shape index (κ2) is 9.20. The van der Waals surface area contributed by atoms with E-state index in [2.05, 4.69) is 22.8 Å². The van der Waals surface area contributed by atoms with E-state index < -0.39 is 5.54 Å². The lowest BCUT2D eigenvalue weighted by Gasteiger charge is -2.27. The molecule has 0 aliphatic carbocycles. The van der Waals surface area contributed by atoms with Crippen molar-refractivity contribution in [2.24, 2.45) is 11.8 Å². The molecule has 1 aromatic carbocycles. The van der Waals surface area contributed by atoms with E-state index in [0.717, 1.165) is 10.6 Å². The van der Waals surface area contributed by atoms with Gasteiger partial charge in [-0.15, -0.1) is 11.8 Å². The molecule has 0 fully saturated rings. The molecule has 0 heterocycles. The molecule has 0 aliphatic rings. The average molecular weight is 344 g/mol. The van der Waals surface area contributed by atoms with Crippen LogP contribution in [0.1, 0.15) is 27.7 Å². The highest BCUT2D eigenvalue weighted by Crippen LogP contribution is 2.28. The van der Waals surface area contributed by atoms with E-state index in [9.17, 15) is 10.1 Å². The number of hydrogen-bond acceptors (Lipinski definition) is 5. The number of carbonyl (C=O) groups is 1. The zero-order valence-electron chi connectivity index (χ0n) is 14.6. The lowest BCUT2D eigenvalue weighted by molar-refractivity contribution is -0.121. The molecule has 24 heavy (non-hydrogen) atoms. The molecule has 1 amide bonds. The molecule has 128 valence electrons. The molecule has 0 radical (unpaired) electrons. The van der Waals surface area contributed by atoms with Crippen LogP contribution in [0, 0.1) is 34.5 Å². The fraction of sp³-hybridized carbons (Fsp3) is 0.500. The fourth-order valence-corrected chi connectivity index (χ4v) is 2.78. The lowest BCUT2D eigenvalue weighted by atomic mass is 9.90. The molecule has 0 aliphatic heterocycles. The number of benzene rings is 1. The lowest BCUT2D eigenvalue weighted by Crippen LogP contribution is -2.50. The van der Waals surface area contributed by atoms with Gasteiger partial charge in [0.15, 0.2) is 0 Å². The van der Waals surface area contributed by atoms with Crippen LogP contribution in [-0.2, 0) is 4.79 Å². The summed E-state index contributed by atoms with van der Waals surface area (Å²) in [5, 5.41) is 24.0. The molecule has 0 aromatic heterocycles. The van der Waals surface area contributed by atoms with E-state index in [0.29, 0.717) is 5.75 Å². The summed E-state index contributed by atoms with van der Waals surface area (Å²) in [6.45, 7) is 7.50. The third-order valence-corrected chi connectivity index (χ3v) is 5.16. The van der Waals surface area contributed by atoms with Crippen molar-refractivity contribution in [3.8, 4) is 12.1 Å². The van der Waals surface area contributed by atoms with Crippen LogP contribution in [0.25, 0.3) is 0 Å². The Balaban J connectivity index is 2.66. The van der Waals surface area contributed by atoms with E-state index in [1.807, 2.05) is 45.0 Å². The van der Waals surface area contributed by atoms with E-state index in [4.69, 9.17) is 5.26 Å². The SMILES string of the molecule is CC(C#N)CSc1ccccc1NCC(=O)NC(C)(C#N)C(C)C. The molecular formula is C18H24N4OS. The number of nitrogens with one attached hydrogen (secondary N) is 2. The number of rotatable bonds is 8. The summed E-state index contributed by atoms with van der Waals surface area (Å²) in [4.78, 5) is 13.1.